The van der Waals surface area contributed by atoms with Crippen molar-refractivity contribution in [3.05, 3.63) is 16.1 Å². The fourth-order valence-electron chi connectivity index (χ4n) is 0.693. The molecular weight excluding hydrogens is 198 g/mol. The van der Waals surface area contributed by atoms with Crippen molar-refractivity contribution in [3.63, 3.8) is 0 Å². The van der Waals surface area contributed by atoms with Crippen molar-refractivity contribution in [2.75, 3.05) is 7.11 Å². The van der Waals surface area contributed by atoms with Gasteiger partial charge in [0.15, 0.2) is 5.38 Å². The van der Waals surface area contributed by atoms with Crippen molar-refractivity contribution in [1.82, 2.24) is 4.98 Å². The Morgan fingerprint density at radius 1 is 1.83 bits per heavy atom. The zero-order chi connectivity index (χ0) is 9.14. The van der Waals surface area contributed by atoms with Gasteiger partial charge in [-0.2, -0.15) is 0 Å². The Labute approximate surface area is 79.3 Å². The van der Waals surface area contributed by atoms with Crippen LogP contribution in [0.15, 0.2) is 5.38 Å². The summed E-state index contributed by atoms with van der Waals surface area (Å²) < 4.78 is 4.47. The summed E-state index contributed by atoms with van der Waals surface area (Å²) in [6.07, 6.45) is 0. The summed E-state index contributed by atoms with van der Waals surface area (Å²) in [6.45, 7) is 1.85. The van der Waals surface area contributed by atoms with Crippen molar-refractivity contribution in [2.24, 2.45) is 0 Å². The second-order valence-electron chi connectivity index (χ2n) is 2.21. The highest BCUT2D eigenvalue weighted by molar-refractivity contribution is 7.10. The van der Waals surface area contributed by atoms with Crippen LogP contribution in [0.1, 0.15) is 16.1 Å². The van der Waals surface area contributed by atoms with Gasteiger partial charge in [0, 0.05) is 11.1 Å². The lowest BCUT2D eigenvalue weighted by molar-refractivity contribution is -0.140. The molecule has 0 saturated heterocycles. The maximum atomic E-state index is 10.9. The zero-order valence-electron chi connectivity index (χ0n) is 6.70. The molecule has 0 radical (unpaired) electrons. The zero-order valence-corrected chi connectivity index (χ0v) is 8.28. The Balaban J connectivity index is 2.77. The molecule has 1 heterocycles. The SMILES string of the molecule is COC(=O)C(Cl)c1nc(C)cs1. The Morgan fingerprint density at radius 2 is 2.50 bits per heavy atom. The number of hydrogen-bond acceptors (Lipinski definition) is 4. The first-order chi connectivity index (χ1) is 5.65. The summed E-state index contributed by atoms with van der Waals surface area (Å²) >= 11 is 7.10. The van der Waals surface area contributed by atoms with E-state index in [1.807, 2.05) is 12.3 Å². The standard InChI is InChI=1S/C7H8ClNO2S/c1-4-3-12-6(9-4)5(8)7(10)11-2/h3,5H,1-2H3. The average Bonchev–Trinajstić information content (AvgIpc) is 2.49. The van der Waals surface area contributed by atoms with Gasteiger partial charge in [-0.3, -0.25) is 4.79 Å². The smallest absolute Gasteiger partial charge is 0.330 e. The molecule has 0 bridgehead atoms. The van der Waals surface area contributed by atoms with Crippen LogP contribution >= 0.6 is 22.9 Å². The van der Waals surface area contributed by atoms with Crippen molar-refractivity contribution in [1.29, 1.82) is 0 Å². The molecular formula is C7H8ClNO2S. The maximum absolute atomic E-state index is 10.9. The van der Waals surface area contributed by atoms with Crippen LogP contribution in [0.25, 0.3) is 0 Å². The van der Waals surface area contributed by atoms with Crippen LogP contribution in [0.4, 0.5) is 0 Å². The predicted molar refractivity (Wildman–Crippen MR) is 47.5 cm³/mol. The van der Waals surface area contributed by atoms with Crippen molar-refractivity contribution >= 4 is 28.9 Å². The molecule has 0 aliphatic heterocycles. The van der Waals surface area contributed by atoms with Crippen LogP contribution in [-0.2, 0) is 9.53 Å². The number of aromatic nitrogens is 1. The highest BCUT2D eigenvalue weighted by Gasteiger charge is 2.20. The number of hydrogen-bond donors (Lipinski definition) is 0. The van der Waals surface area contributed by atoms with Gasteiger partial charge in [0.05, 0.1) is 7.11 Å². The van der Waals surface area contributed by atoms with Gasteiger partial charge in [-0.1, -0.05) is 0 Å². The summed E-state index contributed by atoms with van der Waals surface area (Å²) in [4.78, 5) is 15.0. The van der Waals surface area contributed by atoms with E-state index in [1.165, 1.54) is 18.4 Å². The molecule has 1 unspecified atom stereocenters. The highest BCUT2D eigenvalue weighted by atomic mass is 35.5. The minimum atomic E-state index is -0.770. The minimum Gasteiger partial charge on any atom is -0.468 e. The van der Waals surface area contributed by atoms with Crippen LogP contribution < -0.4 is 0 Å². The molecule has 1 aromatic rings. The van der Waals surface area contributed by atoms with Gasteiger partial charge in [0.1, 0.15) is 5.01 Å². The Morgan fingerprint density at radius 3 is 2.92 bits per heavy atom. The van der Waals surface area contributed by atoms with Gasteiger partial charge in [-0.05, 0) is 6.92 Å². The highest BCUT2D eigenvalue weighted by Crippen LogP contribution is 2.24. The van der Waals surface area contributed by atoms with Crippen LogP contribution in [-0.4, -0.2) is 18.1 Å². The number of carbonyl (C=O) groups is 1. The molecule has 0 aliphatic carbocycles. The molecule has 1 rings (SSSR count). The Hall–Kier alpha value is -0.610. The van der Waals surface area contributed by atoms with E-state index in [2.05, 4.69) is 9.72 Å². The maximum Gasteiger partial charge on any atom is 0.330 e. The number of thiazole rings is 1. The van der Waals surface area contributed by atoms with Crippen molar-refractivity contribution in [2.45, 2.75) is 12.3 Å². The summed E-state index contributed by atoms with van der Waals surface area (Å²) in [5.74, 6) is -0.467. The molecule has 1 atom stereocenters. The molecule has 12 heavy (non-hydrogen) atoms. The van der Waals surface area contributed by atoms with E-state index in [0.717, 1.165) is 5.69 Å². The van der Waals surface area contributed by atoms with Crippen molar-refractivity contribution < 1.29 is 9.53 Å². The Bertz CT molecular complexity index is 287. The number of rotatable bonds is 2. The molecule has 1 aromatic heterocycles. The molecule has 66 valence electrons. The number of nitrogens with zero attached hydrogens (tertiary/aromatic N) is 1. The second-order valence-corrected chi connectivity index (χ2v) is 3.54. The van der Waals surface area contributed by atoms with Crippen molar-refractivity contribution in [3.8, 4) is 0 Å². The second kappa shape index (κ2) is 3.87. The van der Waals surface area contributed by atoms with E-state index in [-0.39, 0.29) is 0 Å². The average molecular weight is 206 g/mol. The lowest BCUT2D eigenvalue weighted by atomic mass is 10.4. The first kappa shape index (κ1) is 9.48. The fraction of sp³-hybridized carbons (Fsp3) is 0.429. The fourth-order valence-corrected chi connectivity index (χ4v) is 1.74. The number of methoxy groups -OCH3 is 1. The summed E-state index contributed by atoms with van der Waals surface area (Å²) in [7, 11) is 1.30. The number of carbonyl (C=O) groups excluding carboxylic acids is 1. The summed E-state index contributed by atoms with van der Waals surface area (Å²) in [5.41, 5.74) is 0.865. The molecule has 0 aliphatic rings. The summed E-state index contributed by atoms with van der Waals surface area (Å²) in [6, 6.07) is 0. The largest absolute Gasteiger partial charge is 0.468 e. The van der Waals surface area contributed by atoms with Gasteiger partial charge in [0.25, 0.3) is 0 Å². The molecule has 0 N–H and O–H groups in total. The quantitative estimate of drug-likeness (QED) is 0.547. The van der Waals surface area contributed by atoms with Gasteiger partial charge in [-0.25, -0.2) is 4.98 Å². The lowest BCUT2D eigenvalue weighted by Gasteiger charge is -2.01. The van der Waals surface area contributed by atoms with Crippen LogP contribution in [0, 0.1) is 6.92 Å². The van der Waals surface area contributed by atoms with E-state index in [4.69, 9.17) is 11.6 Å². The first-order valence-corrected chi connectivity index (χ1v) is 4.60. The van der Waals surface area contributed by atoms with E-state index < -0.39 is 11.3 Å². The van der Waals surface area contributed by atoms with E-state index in [9.17, 15) is 4.79 Å². The van der Waals surface area contributed by atoms with Gasteiger partial charge >= 0.3 is 5.97 Å². The van der Waals surface area contributed by atoms with E-state index in [1.54, 1.807) is 0 Å². The first-order valence-electron chi connectivity index (χ1n) is 3.29. The third kappa shape index (κ3) is 1.95. The summed E-state index contributed by atoms with van der Waals surface area (Å²) in [5, 5.41) is 1.66. The van der Waals surface area contributed by atoms with Crippen LogP contribution in [0.3, 0.4) is 0 Å². The monoisotopic (exact) mass is 205 g/mol. The number of esters is 1. The molecule has 0 amide bonds. The number of aryl methyl sites for hydroxylation is 1. The minimum absolute atomic E-state index is 0.467. The molecule has 0 saturated carbocycles. The van der Waals surface area contributed by atoms with Crippen LogP contribution in [0.5, 0.6) is 0 Å². The van der Waals surface area contributed by atoms with Gasteiger partial charge in [0.2, 0.25) is 0 Å². The topological polar surface area (TPSA) is 39.2 Å². The molecule has 0 aromatic carbocycles. The predicted octanol–water partition coefficient (Wildman–Crippen LogP) is 1.90. The molecule has 5 heteroatoms. The molecule has 3 nitrogen and oxygen atoms in total. The molecule has 0 fully saturated rings. The lowest BCUT2D eigenvalue weighted by Crippen LogP contribution is -2.08. The number of alkyl halides is 1. The van der Waals surface area contributed by atoms with Gasteiger partial charge < -0.3 is 4.74 Å². The molecule has 0 spiro atoms. The van der Waals surface area contributed by atoms with Crippen LogP contribution in [0.2, 0.25) is 0 Å². The van der Waals surface area contributed by atoms with Gasteiger partial charge in [-0.15, -0.1) is 22.9 Å². The normalized spacial score (nSPS) is 12.6. The van der Waals surface area contributed by atoms with E-state index in [0.29, 0.717) is 5.01 Å². The third-order valence-electron chi connectivity index (χ3n) is 1.26. The number of halogens is 1. The third-order valence-corrected chi connectivity index (χ3v) is 2.80. The Kier molecular flexibility index (Phi) is 3.05. The number of ether oxygens (including phenoxy) is 1. The van der Waals surface area contributed by atoms with E-state index >= 15 is 0 Å².